The molecular weight excluding hydrogens is 158 g/mol. The van der Waals surface area contributed by atoms with E-state index < -0.39 is 4.33 Å². The predicted molar refractivity (Wildman–Crippen MR) is 31.2 cm³/mol. The van der Waals surface area contributed by atoms with Crippen LogP contribution in [-0.4, -0.2) is 16.5 Å². The molecule has 0 saturated heterocycles. The lowest BCUT2D eigenvalue weighted by Crippen LogP contribution is -2.15. The van der Waals surface area contributed by atoms with Gasteiger partial charge < -0.3 is 0 Å². The van der Waals surface area contributed by atoms with Gasteiger partial charge >= 0.3 is 0 Å². The Balaban J connectivity index is 3.58. The monoisotopic (exact) mass is 160 g/mol. The molecule has 0 aromatic carbocycles. The highest BCUT2D eigenvalue weighted by molar-refractivity contribution is 6.58. The highest BCUT2D eigenvalue weighted by Crippen LogP contribution is 2.18. The third-order valence-electron chi connectivity index (χ3n) is 0.351. The summed E-state index contributed by atoms with van der Waals surface area (Å²) in [5.41, 5.74) is 0. The second-order valence-corrected chi connectivity index (χ2v) is 2.82. The minimum absolute atomic E-state index is 0.0698. The standard InChI is InChI=1S/C3H3Cl3O/c4-1-3(5,6)2-7/h2H,1H2. The highest BCUT2D eigenvalue weighted by Gasteiger charge is 2.20. The fraction of sp³-hybridized carbons (Fsp3) is 0.667. The summed E-state index contributed by atoms with van der Waals surface area (Å²) in [7, 11) is 0. The zero-order valence-electron chi connectivity index (χ0n) is 3.33. The maximum absolute atomic E-state index is 9.71. The topological polar surface area (TPSA) is 17.1 Å². The van der Waals surface area contributed by atoms with Crippen molar-refractivity contribution in [2.75, 3.05) is 5.88 Å². The van der Waals surface area contributed by atoms with E-state index in [9.17, 15) is 4.79 Å². The molecule has 0 aliphatic carbocycles. The van der Waals surface area contributed by atoms with Crippen LogP contribution in [0.2, 0.25) is 0 Å². The number of hydrogen-bond donors (Lipinski definition) is 0. The van der Waals surface area contributed by atoms with Crippen LogP contribution in [0.3, 0.4) is 0 Å². The van der Waals surface area contributed by atoms with Crippen LogP contribution in [0, 0.1) is 0 Å². The molecule has 0 heterocycles. The SMILES string of the molecule is O=CC(Cl)(Cl)CCl. The van der Waals surface area contributed by atoms with Crippen molar-refractivity contribution >= 4 is 41.1 Å². The average molecular weight is 161 g/mol. The van der Waals surface area contributed by atoms with Crippen LogP contribution >= 0.6 is 34.8 Å². The summed E-state index contributed by atoms with van der Waals surface area (Å²) in [4.78, 5) is 9.71. The van der Waals surface area contributed by atoms with Crippen molar-refractivity contribution in [1.29, 1.82) is 0 Å². The first-order chi connectivity index (χ1) is 3.12. The van der Waals surface area contributed by atoms with Crippen molar-refractivity contribution in [2.45, 2.75) is 4.33 Å². The van der Waals surface area contributed by atoms with Crippen molar-refractivity contribution in [3.8, 4) is 0 Å². The Bertz CT molecular complexity index is 70.6. The summed E-state index contributed by atoms with van der Waals surface area (Å²) >= 11 is 15.4. The van der Waals surface area contributed by atoms with Gasteiger partial charge in [0, 0.05) is 0 Å². The lowest BCUT2D eigenvalue weighted by molar-refractivity contribution is -0.108. The van der Waals surface area contributed by atoms with Gasteiger partial charge in [-0.25, -0.2) is 0 Å². The molecule has 4 heteroatoms. The van der Waals surface area contributed by atoms with Gasteiger partial charge in [0.25, 0.3) is 0 Å². The van der Waals surface area contributed by atoms with Crippen LogP contribution in [0.4, 0.5) is 0 Å². The molecule has 0 aromatic rings. The van der Waals surface area contributed by atoms with Gasteiger partial charge in [0.15, 0.2) is 10.6 Å². The number of hydrogen-bond acceptors (Lipinski definition) is 1. The van der Waals surface area contributed by atoms with Gasteiger partial charge in [-0.3, -0.25) is 4.79 Å². The first kappa shape index (κ1) is 7.54. The zero-order chi connectivity index (χ0) is 5.91. The molecule has 0 rings (SSSR count). The van der Waals surface area contributed by atoms with E-state index in [2.05, 4.69) is 0 Å². The van der Waals surface area contributed by atoms with E-state index in [4.69, 9.17) is 34.8 Å². The van der Waals surface area contributed by atoms with Crippen molar-refractivity contribution in [3.05, 3.63) is 0 Å². The van der Waals surface area contributed by atoms with E-state index in [1.807, 2.05) is 0 Å². The molecule has 0 amide bonds. The molecule has 0 spiro atoms. The normalized spacial score (nSPS) is 11.3. The van der Waals surface area contributed by atoms with Gasteiger partial charge in [-0.05, 0) is 0 Å². The maximum Gasteiger partial charge on any atom is 0.186 e. The highest BCUT2D eigenvalue weighted by atomic mass is 35.5. The van der Waals surface area contributed by atoms with Crippen molar-refractivity contribution < 1.29 is 4.79 Å². The van der Waals surface area contributed by atoms with Crippen molar-refractivity contribution in [3.63, 3.8) is 0 Å². The van der Waals surface area contributed by atoms with Crippen LogP contribution in [-0.2, 0) is 4.79 Å². The first-order valence-electron chi connectivity index (χ1n) is 1.52. The van der Waals surface area contributed by atoms with Crippen LogP contribution < -0.4 is 0 Å². The Morgan fingerprint density at radius 3 is 2.00 bits per heavy atom. The van der Waals surface area contributed by atoms with Gasteiger partial charge in [0.2, 0.25) is 0 Å². The quantitative estimate of drug-likeness (QED) is 0.444. The molecule has 0 N–H and O–H groups in total. The number of carbonyl (C=O) groups is 1. The number of rotatable bonds is 2. The Labute approximate surface area is 56.5 Å². The molecule has 0 saturated carbocycles. The molecule has 0 fully saturated rings. The smallest absolute Gasteiger partial charge is 0.186 e. The molecule has 0 aliphatic heterocycles. The van der Waals surface area contributed by atoms with E-state index in [1.165, 1.54) is 0 Å². The third-order valence-corrected chi connectivity index (χ3v) is 1.49. The molecule has 42 valence electrons. The molecule has 0 aromatic heterocycles. The van der Waals surface area contributed by atoms with Gasteiger partial charge in [-0.1, -0.05) is 23.2 Å². The van der Waals surface area contributed by atoms with Crippen molar-refractivity contribution in [1.82, 2.24) is 0 Å². The molecule has 7 heavy (non-hydrogen) atoms. The van der Waals surface area contributed by atoms with E-state index >= 15 is 0 Å². The molecule has 0 aliphatic rings. The minimum Gasteiger partial charge on any atom is -0.300 e. The third kappa shape index (κ3) is 3.15. The average Bonchev–Trinajstić information content (AvgIpc) is 1.68. The Morgan fingerprint density at radius 2 is 2.00 bits per heavy atom. The Morgan fingerprint density at radius 1 is 1.57 bits per heavy atom. The second kappa shape index (κ2) is 2.75. The summed E-state index contributed by atoms with van der Waals surface area (Å²) < 4.78 is -1.39. The van der Waals surface area contributed by atoms with Gasteiger partial charge in [0.1, 0.15) is 0 Å². The second-order valence-electron chi connectivity index (χ2n) is 1.01. The van der Waals surface area contributed by atoms with Crippen LogP contribution in [0.15, 0.2) is 0 Å². The van der Waals surface area contributed by atoms with E-state index in [1.54, 1.807) is 0 Å². The van der Waals surface area contributed by atoms with Crippen molar-refractivity contribution in [2.24, 2.45) is 0 Å². The summed E-state index contributed by atoms with van der Waals surface area (Å²) in [6.07, 6.45) is 0.392. The molecule has 0 radical (unpaired) electrons. The molecule has 0 atom stereocenters. The van der Waals surface area contributed by atoms with Crippen LogP contribution in [0.25, 0.3) is 0 Å². The summed E-state index contributed by atoms with van der Waals surface area (Å²) in [5.74, 6) is -0.0698. The Hall–Kier alpha value is 0.540. The molecular formula is C3H3Cl3O. The van der Waals surface area contributed by atoms with Gasteiger partial charge in [-0.15, -0.1) is 11.6 Å². The van der Waals surface area contributed by atoms with E-state index in [0.717, 1.165) is 0 Å². The molecule has 1 nitrogen and oxygen atoms in total. The number of alkyl halides is 3. The van der Waals surface area contributed by atoms with Gasteiger partial charge in [0.05, 0.1) is 5.88 Å². The van der Waals surface area contributed by atoms with E-state index in [-0.39, 0.29) is 5.88 Å². The lowest BCUT2D eigenvalue weighted by atomic mass is 10.5. The van der Waals surface area contributed by atoms with Crippen LogP contribution in [0.5, 0.6) is 0 Å². The Kier molecular flexibility index (Phi) is 2.96. The fourth-order valence-electron chi connectivity index (χ4n) is 0.0315. The maximum atomic E-state index is 9.71. The summed E-state index contributed by atoms with van der Waals surface area (Å²) in [6, 6.07) is 0. The number of aldehydes is 1. The fourth-order valence-corrected chi connectivity index (χ4v) is 0.0945. The lowest BCUT2D eigenvalue weighted by Gasteiger charge is -2.02. The van der Waals surface area contributed by atoms with Gasteiger partial charge in [-0.2, -0.15) is 0 Å². The zero-order valence-corrected chi connectivity index (χ0v) is 5.59. The minimum atomic E-state index is -1.39. The number of carbonyl (C=O) groups excluding carboxylic acids is 1. The molecule has 0 bridgehead atoms. The predicted octanol–water partition coefficient (Wildman–Crippen LogP) is 1.60. The summed E-state index contributed by atoms with van der Waals surface area (Å²) in [6.45, 7) is 0. The number of halogens is 3. The summed E-state index contributed by atoms with van der Waals surface area (Å²) in [5, 5.41) is 0. The molecule has 0 unspecified atom stereocenters. The first-order valence-corrected chi connectivity index (χ1v) is 2.81. The van der Waals surface area contributed by atoms with Crippen LogP contribution in [0.1, 0.15) is 0 Å². The largest absolute Gasteiger partial charge is 0.300 e. The van der Waals surface area contributed by atoms with E-state index in [0.29, 0.717) is 6.29 Å².